The molecule has 1 N–H and O–H groups in total. The second-order valence-corrected chi connectivity index (χ2v) is 5.92. The Morgan fingerprint density at radius 2 is 2.19 bits per heavy atom. The van der Waals surface area contributed by atoms with E-state index >= 15 is 0 Å². The number of rotatable bonds is 1. The molecular formula is C15H20N4O2. The van der Waals surface area contributed by atoms with Crippen molar-refractivity contribution in [2.75, 3.05) is 13.1 Å². The van der Waals surface area contributed by atoms with Gasteiger partial charge in [0.25, 0.3) is 5.91 Å². The number of fused-ring (bicyclic) bond motifs is 1. The molecule has 6 heteroatoms. The normalized spacial score (nSPS) is 22.8. The summed E-state index contributed by atoms with van der Waals surface area (Å²) in [5.41, 5.74) is 2.97. The maximum Gasteiger partial charge on any atom is 0.259 e. The van der Waals surface area contributed by atoms with Crippen LogP contribution in [0.3, 0.4) is 0 Å². The number of aryl methyl sites for hydroxylation is 2. The molecule has 0 radical (unpaired) electrons. The molecule has 2 aromatic rings. The van der Waals surface area contributed by atoms with Crippen molar-refractivity contribution >= 4 is 11.6 Å². The predicted octanol–water partition coefficient (Wildman–Crippen LogP) is 1.19. The summed E-state index contributed by atoms with van der Waals surface area (Å²) in [7, 11) is 0. The third-order valence-electron chi connectivity index (χ3n) is 4.16. The van der Waals surface area contributed by atoms with Crippen LogP contribution in [-0.4, -0.2) is 49.7 Å². The van der Waals surface area contributed by atoms with Gasteiger partial charge in [-0.3, -0.25) is 4.79 Å². The van der Waals surface area contributed by atoms with E-state index in [9.17, 15) is 9.90 Å². The van der Waals surface area contributed by atoms with E-state index < -0.39 is 0 Å². The van der Waals surface area contributed by atoms with Crippen molar-refractivity contribution in [3.63, 3.8) is 0 Å². The molecule has 0 aliphatic carbocycles. The van der Waals surface area contributed by atoms with E-state index in [1.165, 1.54) is 0 Å². The van der Waals surface area contributed by atoms with Crippen molar-refractivity contribution in [3.8, 4) is 0 Å². The van der Waals surface area contributed by atoms with Crippen LogP contribution in [-0.2, 0) is 0 Å². The van der Waals surface area contributed by atoms with E-state index in [0.29, 0.717) is 30.7 Å². The van der Waals surface area contributed by atoms with Gasteiger partial charge in [-0.2, -0.15) is 5.10 Å². The van der Waals surface area contributed by atoms with Gasteiger partial charge in [0, 0.05) is 24.5 Å². The fraction of sp³-hybridized carbons (Fsp3) is 0.533. The van der Waals surface area contributed by atoms with E-state index in [4.69, 9.17) is 0 Å². The quantitative estimate of drug-likeness (QED) is 0.855. The van der Waals surface area contributed by atoms with E-state index in [0.717, 1.165) is 11.4 Å². The van der Waals surface area contributed by atoms with Gasteiger partial charge in [0.2, 0.25) is 0 Å². The minimum Gasteiger partial charge on any atom is -0.393 e. The summed E-state index contributed by atoms with van der Waals surface area (Å²) >= 11 is 0. The molecule has 0 bridgehead atoms. The summed E-state index contributed by atoms with van der Waals surface area (Å²) in [5.74, 6) is 0.0437. The van der Waals surface area contributed by atoms with Crippen LogP contribution < -0.4 is 0 Å². The lowest BCUT2D eigenvalue weighted by Gasteiger charge is -2.34. The molecule has 1 saturated heterocycles. The number of aliphatic hydroxyl groups excluding tert-OH is 1. The second kappa shape index (κ2) is 5.11. The smallest absolute Gasteiger partial charge is 0.259 e. The summed E-state index contributed by atoms with van der Waals surface area (Å²) in [5, 5.41) is 14.1. The lowest BCUT2D eigenvalue weighted by Crippen LogP contribution is -2.44. The molecule has 1 amide bonds. The van der Waals surface area contributed by atoms with Crippen LogP contribution >= 0.6 is 0 Å². The average Bonchev–Trinajstić information content (AvgIpc) is 2.85. The standard InChI is InChI=1S/C15H20N4O2/c1-9-8-18(5-4-13(9)20)15(21)12-7-16-19-11(3)6-10(2)17-14(12)19/h6-7,9,13,20H,4-5,8H2,1-3H3. The van der Waals surface area contributed by atoms with E-state index in [2.05, 4.69) is 10.1 Å². The monoisotopic (exact) mass is 288 g/mol. The van der Waals surface area contributed by atoms with Crippen LogP contribution in [0.1, 0.15) is 35.1 Å². The van der Waals surface area contributed by atoms with Gasteiger partial charge in [0.1, 0.15) is 5.56 Å². The van der Waals surface area contributed by atoms with Crippen LogP contribution in [0.25, 0.3) is 5.65 Å². The average molecular weight is 288 g/mol. The number of carbonyl (C=O) groups excluding carboxylic acids is 1. The number of amides is 1. The first-order chi connectivity index (χ1) is 9.97. The van der Waals surface area contributed by atoms with E-state index in [-0.39, 0.29) is 17.9 Å². The number of nitrogens with zero attached hydrogens (tertiary/aromatic N) is 4. The highest BCUT2D eigenvalue weighted by atomic mass is 16.3. The fourth-order valence-electron chi connectivity index (χ4n) is 2.91. The largest absolute Gasteiger partial charge is 0.393 e. The molecule has 2 atom stereocenters. The topological polar surface area (TPSA) is 70.7 Å². The molecule has 6 nitrogen and oxygen atoms in total. The summed E-state index contributed by atoms with van der Waals surface area (Å²) in [4.78, 5) is 18.9. The maximum absolute atomic E-state index is 12.7. The van der Waals surface area contributed by atoms with Gasteiger partial charge in [-0.05, 0) is 32.3 Å². The van der Waals surface area contributed by atoms with Gasteiger partial charge in [-0.25, -0.2) is 9.50 Å². The molecular weight excluding hydrogens is 268 g/mol. The molecule has 2 aromatic heterocycles. The third-order valence-corrected chi connectivity index (χ3v) is 4.16. The molecule has 3 heterocycles. The number of piperidine rings is 1. The molecule has 1 fully saturated rings. The number of aromatic nitrogens is 3. The van der Waals surface area contributed by atoms with Crippen LogP contribution in [0.2, 0.25) is 0 Å². The van der Waals surface area contributed by atoms with E-state index in [1.807, 2.05) is 26.8 Å². The zero-order valence-electron chi connectivity index (χ0n) is 12.6. The van der Waals surface area contributed by atoms with Gasteiger partial charge >= 0.3 is 0 Å². The summed E-state index contributed by atoms with van der Waals surface area (Å²) < 4.78 is 1.70. The molecule has 21 heavy (non-hydrogen) atoms. The SMILES string of the molecule is Cc1cc(C)n2ncc(C(=O)N3CCC(O)C(C)C3)c2n1. The molecule has 1 aliphatic rings. The fourth-order valence-corrected chi connectivity index (χ4v) is 2.91. The molecule has 3 rings (SSSR count). The van der Waals surface area contributed by atoms with Gasteiger partial charge < -0.3 is 10.0 Å². The number of carbonyl (C=O) groups is 1. The maximum atomic E-state index is 12.7. The van der Waals surface area contributed by atoms with Crippen molar-refractivity contribution in [1.29, 1.82) is 0 Å². The highest BCUT2D eigenvalue weighted by Crippen LogP contribution is 2.20. The summed E-state index contributed by atoms with van der Waals surface area (Å²) in [6.07, 6.45) is 1.89. The highest BCUT2D eigenvalue weighted by Gasteiger charge is 2.29. The van der Waals surface area contributed by atoms with Crippen molar-refractivity contribution in [3.05, 3.63) is 29.2 Å². The first-order valence-electron chi connectivity index (χ1n) is 7.26. The first-order valence-corrected chi connectivity index (χ1v) is 7.26. The lowest BCUT2D eigenvalue weighted by atomic mass is 9.96. The number of hydrogen-bond acceptors (Lipinski definition) is 4. The number of hydrogen-bond donors (Lipinski definition) is 1. The molecule has 0 aromatic carbocycles. The van der Waals surface area contributed by atoms with Crippen LogP contribution in [0, 0.1) is 19.8 Å². The highest BCUT2D eigenvalue weighted by molar-refractivity contribution is 5.99. The van der Waals surface area contributed by atoms with Crippen LogP contribution in [0.4, 0.5) is 0 Å². The predicted molar refractivity (Wildman–Crippen MR) is 78.2 cm³/mol. The van der Waals surface area contributed by atoms with Crippen molar-refractivity contribution in [2.24, 2.45) is 5.92 Å². The molecule has 112 valence electrons. The first kappa shape index (κ1) is 14.0. The Labute approximate surface area is 123 Å². The van der Waals surface area contributed by atoms with Crippen LogP contribution in [0.5, 0.6) is 0 Å². The Kier molecular flexibility index (Phi) is 3.41. The Bertz CT molecular complexity index is 694. The molecule has 0 saturated carbocycles. The van der Waals surface area contributed by atoms with Gasteiger partial charge in [0.15, 0.2) is 5.65 Å². The van der Waals surface area contributed by atoms with Crippen molar-refractivity contribution < 1.29 is 9.90 Å². The Morgan fingerprint density at radius 1 is 1.43 bits per heavy atom. The van der Waals surface area contributed by atoms with Gasteiger partial charge in [0.05, 0.1) is 12.3 Å². The third kappa shape index (κ3) is 2.40. The lowest BCUT2D eigenvalue weighted by molar-refractivity contribution is 0.0298. The minimum absolute atomic E-state index is 0.0544. The van der Waals surface area contributed by atoms with Crippen molar-refractivity contribution in [1.82, 2.24) is 19.5 Å². The Morgan fingerprint density at radius 3 is 2.90 bits per heavy atom. The minimum atomic E-state index is -0.319. The van der Waals surface area contributed by atoms with Gasteiger partial charge in [-0.15, -0.1) is 0 Å². The second-order valence-electron chi connectivity index (χ2n) is 5.92. The summed E-state index contributed by atoms with van der Waals surface area (Å²) in [6.45, 7) is 6.97. The van der Waals surface area contributed by atoms with E-state index in [1.54, 1.807) is 15.6 Å². The molecule has 1 aliphatic heterocycles. The Hall–Kier alpha value is -1.95. The number of aliphatic hydroxyl groups is 1. The molecule has 2 unspecified atom stereocenters. The Balaban J connectivity index is 1.95. The van der Waals surface area contributed by atoms with Crippen LogP contribution in [0.15, 0.2) is 12.3 Å². The zero-order valence-corrected chi connectivity index (χ0v) is 12.6. The number of likely N-dealkylation sites (tertiary alicyclic amines) is 1. The zero-order chi connectivity index (χ0) is 15.1. The molecule has 0 spiro atoms. The summed E-state index contributed by atoms with van der Waals surface area (Å²) in [6, 6.07) is 1.94. The van der Waals surface area contributed by atoms with Gasteiger partial charge in [-0.1, -0.05) is 6.92 Å². The van der Waals surface area contributed by atoms with Crippen molar-refractivity contribution in [2.45, 2.75) is 33.3 Å².